The molecule has 0 radical (unpaired) electrons. The van der Waals surface area contributed by atoms with Crippen molar-refractivity contribution in [1.29, 1.82) is 0 Å². The largest absolute Gasteiger partial charge is 0.306 e. The van der Waals surface area contributed by atoms with Crippen molar-refractivity contribution in [2.24, 2.45) is 0 Å². The topological polar surface area (TPSA) is 17.3 Å². The van der Waals surface area contributed by atoms with Gasteiger partial charge in [-0.25, -0.2) is 4.98 Å². The van der Waals surface area contributed by atoms with Crippen LogP contribution in [0.2, 0.25) is 0 Å². The van der Waals surface area contributed by atoms with Crippen molar-refractivity contribution in [3.63, 3.8) is 0 Å². The highest BCUT2D eigenvalue weighted by Crippen LogP contribution is 2.27. The zero-order valence-corrected chi connectivity index (χ0v) is 13.6. The van der Waals surface area contributed by atoms with E-state index < -0.39 is 0 Å². The van der Waals surface area contributed by atoms with Gasteiger partial charge in [-0.1, -0.05) is 18.2 Å². The Hall–Kier alpha value is -1.36. The van der Waals surface area contributed by atoms with Crippen LogP contribution in [0.5, 0.6) is 0 Å². The van der Waals surface area contributed by atoms with E-state index in [0.717, 1.165) is 11.3 Å². The van der Waals surface area contributed by atoms with E-state index >= 15 is 0 Å². The molecule has 2 aromatic heterocycles. The van der Waals surface area contributed by atoms with Crippen molar-refractivity contribution in [2.45, 2.75) is 25.7 Å². The predicted molar refractivity (Wildman–Crippen MR) is 92.7 cm³/mol. The first-order valence-corrected chi connectivity index (χ1v) is 6.96. The summed E-state index contributed by atoms with van der Waals surface area (Å²) in [5, 5.41) is 0. The van der Waals surface area contributed by atoms with Crippen LogP contribution in [-0.4, -0.2) is 9.38 Å². The molecule has 20 heavy (non-hydrogen) atoms. The Morgan fingerprint density at radius 1 is 0.950 bits per heavy atom. The van der Waals surface area contributed by atoms with Crippen LogP contribution in [0.3, 0.4) is 0 Å². The van der Waals surface area contributed by atoms with E-state index in [2.05, 4.69) is 28.8 Å². The molecule has 0 unspecified atom stereocenters. The molecule has 102 valence electrons. The molecule has 3 aromatic rings. The highest BCUT2D eigenvalue weighted by Gasteiger charge is 2.11. The molecule has 0 N–H and O–H groups in total. The zero-order chi connectivity index (χ0) is 12.7. The van der Waals surface area contributed by atoms with Crippen LogP contribution in [0.1, 0.15) is 24.0 Å². The molecule has 2 nitrogen and oxygen atoms in total. The van der Waals surface area contributed by atoms with Gasteiger partial charge in [0, 0.05) is 18.0 Å². The maximum atomic E-state index is 4.69. The van der Waals surface area contributed by atoms with Crippen LogP contribution in [-0.2, 0) is 12.8 Å². The summed E-state index contributed by atoms with van der Waals surface area (Å²) in [5.41, 5.74) is 6.36. The second kappa shape index (κ2) is 5.56. The lowest BCUT2D eigenvalue weighted by Gasteiger charge is -2.15. The number of benzene rings is 1. The average molecular weight is 376 g/mol. The molecule has 0 atom stereocenters. The molecule has 4 rings (SSSR count). The first-order chi connectivity index (χ1) is 9.40. The minimum absolute atomic E-state index is 0. The first-order valence-electron chi connectivity index (χ1n) is 6.96. The van der Waals surface area contributed by atoms with Crippen molar-refractivity contribution in [3.05, 3.63) is 59.9 Å². The Morgan fingerprint density at radius 3 is 2.65 bits per heavy atom. The van der Waals surface area contributed by atoms with E-state index in [1.54, 1.807) is 0 Å². The molecule has 0 spiro atoms. The van der Waals surface area contributed by atoms with E-state index in [0.29, 0.717) is 0 Å². The summed E-state index contributed by atoms with van der Waals surface area (Å²) < 4.78 is 2.08. The summed E-state index contributed by atoms with van der Waals surface area (Å²) in [6.07, 6.45) is 9.27. The van der Waals surface area contributed by atoms with Gasteiger partial charge in [0.2, 0.25) is 0 Å². The van der Waals surface area contributed by atoms with E-state index in [1.165, 1.54) is 42.4 Å². The van der Waals surface area contributed by atoms with Gasteiger partial charge in [-0.3, -0.25) is 0 Å². The number of halogens is 1. The maximum absolute atomic E-state index is 4.69. The maximum Gasteiger partial charge on any atom is 0.137 e. The molecule has 1 aliphatic carbocycles. The average Bonchev–Trinajstić information content (AvgIpc) is 2.90. The van der Waals surface area contributed by atoms with Gasteiger partial charge in [0.1, 0.15) is 5.65 Å². The first kappa shape index (κ1) is 13.6. The third-order valence-electron chi connectivity index (χ3n) is 4.01. The Balaban J connectivity index is 0.00000121. The van der Waals surface area contributed by atoms with Gasteiger partial charge in [-0.15, -0.1) is 24.0 Å². The molecular weight excluding hydrogens is 359 g/mol. The third-order valence-corrected chi connectivity index (χ3v) is 4.01. The fourth-order valence-electron chi connectivity index (χ4n) is 2.97. The molecule has 0 amide bonds. The summed E-state index contributed by atoms with van der Waals surface area (Å²) in [6, 6.07) is 12.9. The number of hydrogen-bond acceptors (Lipinski definition) is 1. The second-order valence-corrected chi connectivity index (χ2v) is 5.28. The third kappa shape index (κ3) is 2.35. The lowest BCUT2D eigenvalue weighted by Crippen LogP contribution is -2.02. The highest BCUT2D eigenvalue weighted by molar-refractivity contribution is 14.0. The zero-order valence-electron chi connectivity index (χ0n) is 11.2. The molecule has 2 heterocycles. The van der Waals surface area contributed by atoms with Crippen molar-refractivity contribution in [3.8, 4) is 11.3 Å². The number of pyridine rings is 1. The summed E-state index contributed by atoms with van der Waals surface area (Å²) in [7, 11) is 0. The Morgan fingerprint density at radius 2 is 1.80 bits per heavy atom. The van der Waals surface area contributed by atoms with Crippen LogP contribution in [0.4, 0.5) is 0 Å². The van der Waals surface area contributed by atoms with Crippen LogP contribution < -0.4 is 0 Å². The van der Waals surface area contributed by atoms with E-state index in [9.17, 15) is 0 Å². The number of aromatic nitrogens is 2. The van der Waals surface area contributed by atoms with Gasteiger partial charge >= 0.3 is 0 Å². The number of rotatable bonds is 1. The predicted octanol–water partition coefficient (Wildman–Crippen LogP) is 4.50. The highest BCUT2D eigenvalue weighted by atomic mass is 127. The minimum atomic E-state index is 0. The Labute approximate surface area is 135 Å². The number of aryl methyl sites for hydroxylation is 2. The molecule has 0 bridgehead atoms. The Bertz CT molecular complexity index is 713. The van der Waals surface area contributed by atoms with Crippen LogP contribution in [0, 0.1) is 0 Å². The molecule has 0 saturated carbocycles. The Kier molecular flexibility index (Phi) is 3.78. The monoisotopic (exact) mass is 376 g/mol. The van der Waals surface area contributed by atoms with Crippen molar-refractivity contribution in [1.82, 2.24) is 9.38 Å². The summed E-state index contributed by atoms with van der Waals surface area (Å²) in [5.74, 6) is 0. The van der Waals surface area contributed by atoms with Crippen LogP contribution in [0.25, 0.3) is 16.9 Å². The lowest BCUT2D eigenvalue weighted by atomic mass is 9.90. The summed E-state index contributed by atoms with van der Waals surface area (Å²) >= 11 is 0. The molecule has 3 heteroatoms. The SMILES string of the molecule is I.c1ccn2cc(-c3ccc4c(c3)CCCC4)nc2c1. The minimum Gasteiger partial charge on any atom is -0.306 e. The quantitative estimate of drug-likeness (QED) is 0.572. The van der Waals surface area contributed by atoms with E-state index in [-0.39, 0.29) is 24.0 Å². The van der Waals surface area contributed by atoms with Gasteiger partial charge in [-0.2, -0.15) is 0 Å². The van der Waals surface area contributed by atoms with Crippen molar-refractivity contribution in [2.75, 3.05) is 0 Å². The molecule has 0 saturated heterocycles. The van der Waals surface area contributed by atoms with Crippen molar-refractivity contribution >= 4 is 29.6 Å². The number of hydrogen-bond donors (Lipinski definition) is 0. The number of imidazole rings is 1. The van der Waals surface area contributed by atoms with Gasteiger partial charge in [-0.05, 0) is 55.0 Å². The molecule has 0 fully saturated rings. The van der Waals surface area contributed by atoms with Gasteiger partial charge in [0.25, 0.3) is 0 Å². The second-order valence-electron chi connectivity index (χ2n) is 5.28. The van der Waals surface area contributed by atoms with Gasteiger partial charge < -0.3 is 4.40 Å². The standard InChI is InChI=1S/C17H16N2.HI/c1-2-6-14-11-15(9-8-13(14)5-1)16-12-19-10-4-3-7-17(19)18-16;/h3-4,7-12H,1-2,5-6H2;1H. The number of fused-ring (bicyclic) bond motifs is 2. The molecular formula is C17H17IN2. The van der Waals surface area contributed by atoms with Crippen molar-refractivity contribution < 1.29 is 0 Å². The normalized spacial score (nSPS) is 13.8. The lowest BCUT2D eigenvalue weighted by molar-refractivity contribution is 0.686. The summed E-state index contributed by atoms with van der Waals surface area (Å²) in [6.45, 7) is 0. The number of nitrogens with zero attached hydrogens (tertiary/aromatic N) is 2. The molecule has 0 aliphatic heterocycles. The smallest absolute Gasteiger partial charge is 0.137 e. The van der Waals surface area contributed by atoms with Crippen LogP contribution >= 0.6 is 24.0 Å². The fraction of sp³-hybridized carbons (Fsp3) is 0.235. The van der Waals surface area contributed by atoms with E-state index in [1.807, 2.05) is 24.4 Å². The van der Waals surface area contributed by atoms with Crippen LogP contribution in [0.15, 0.2) is 48.8 Å². The molecule has 1 aromatic carbocycles. The van der Waals surface area contributed by atoms with Gasteiger partial charge in [0.15, 0.2) is 0 Å². The van der Waals surface area contributed by atoms with Gasteiger partial charge in [0.05, 0.1) is 5.69 Å². The fourth-order valence-corrected chi connectivity index (χ4v) is 2.97. The molecule has 1 aliphatic rings. The van der Waals surface area contributed by atoms with E-state index in [4.69, 9.17) is 4.98 Å². The summed E-state index contributed by atoms with van der Waals surface area (Å²) in [4.78, 5) is 4.69.